The summed E-state index contributed by atoms with van der Waals surface area (Å²) in [6, 6.07) is 10.9. The Kier molecular flexibility index (Phi) is 4.36. The molecule has 28 heavy (non-hydrogen) atoms. The standard InChI is InChI=1S/C18H15FN6O3/c1-26-13-7-12(8-14(9-13)27-2)25-16(20)15(22-24-25)18-21-17(23-28-18)10-3-5-11(19)6-4-10/h3-9H,20H2,1-2H3. The van der Waals surface area contributed by atoms with E-state index in [4.69, 9.17) is 19.7 Å². The number of nitrogen functional groups attached to an aromatic ring is 1. The molecule has 2 aromatic carbocycles. The lowest BCUT2D eigenvalue weighted by molar-refractivity contribution is 0.394. The number of hydrogen-bond donors (Lipinski definition) is 1. The fraction of sp³-hybridized carbons (Fsp3) is 0.111. The SMILES string of the molecule is COc1cc(OC)cc(-n2nnc(-c3nc(-c4ccc(F)cc4)no3)c2N)c1. The molecule has 0 amide bonds. The van der Waals surface area contributed by atoms with Gasteiger partial charge in [-0.3, -0.25) is 0 Å². The molecule has 0 spiro atoms. The third-order valence-electron chi connectivity index (χ3n) is 4.02. The predicted octanol–water partition coefficient (Wildman–Crippen LogP) is 2.72. The van der Waals surface area contributed by atoms with Crippen LogP contribution in [0.5, 0.6) is 11.5 Å². The van der Waals surface area contributed by atoms with Crippen LogP contribution in [-0.2, 0) is 0 Å². The summed E-state index contributed by atoms with van der Waals surface area (Å²) in [5.41, 5.74) is 7.61. The van der Waals surface area contributed by atoms with Crippen molar-refractivity contribution < 1.29 is 18.4 Å². The molecule has 0 saturated heterocycles. The Hall–Kier alpha value is -3.95. The molecule has 9 nitrogen and oxygen atoms in total. The lowest BCUT2D eigenvalue weighted by atomic mass is 10.2. The number of hydrogen-bond acceptors (Lipinski definition) is 8. The van der Waals surface area contributed by atoms with Crippen LogP contribution in [0.3, 0.4) is 0 Å². The third-order valence-corrected chi connectivity index (χ3v) is 4.02. The predicted molar refractivity (Wildman–Crippen MR) is 97.6 cm³/mol. The van der Waals surface area contributed by atoms with Gasteiger partial charge in [0.25, 0.3) is 5.89 Å². The fourth-order valence-electron chi connectivity index (χ4n) is 2.58. The van der Waals surface area contributed by atoms with Gasteiger partial charge in [0, 0.05) is 23.8 Å². The van der Waals surface area contributed by atoms with Crippen LogP contribution in [0, 0.1) is 5.82 Å². The molecule has 0 unspecified atom stereocenters. The smallest absolute Gasteiger partial charge is 0.282 e. The van der Waals surface area contributed by atoms with Gasteiger partial charge in [0.2, 0.25) is 5.82 Å². The van der Waals surface area contributed by atoms with Gasteiger partial charge in [-0.05, 0) is 24.3 Å². The van der Waals surface area contributed by atoms with Crippen LogP contribution in [0.1, 0.15) is 0 Å². The van der Waals surface area contributed by atoms with Crippen molar-refractivity contribution in [3.05, 3.63) is 48.3 Å². The lowest BCUT2D eigenvalue weighted by Crippen LogP contribution is -2.03. The summed E-state index contributed by atoms with van der Waals surface area (Å²) in [6.45, 7) is 0. The van der Waals surface area contributed by atoms with E-state index in [1.165, 1.54) is 16.8 Å². The maximum atomic E-state index is 13.1. The Labute approximate surface area is 158 Å². The van der Waals surface area contributed by atoms with Crippen LogP contribution >= 0.6 is 0 Å². The van der Waals surface area contributed by atoms with Crippen molar-refractivity contribution in [3.8, 4) is 40.2 Å². The molecule has 0 bridgehead atoms. The van der Waals surface area contributed by atoms with E-state index in [-0.39, 0.29) is 29.0 Å². The molecule has 2 aromatic heterocycles. The number of aromatic nitrogens is 5. The summed E-state index contributed by atoms with van der Waals surface area (Å²) < 4.78 is 30.3. The van der Waals surface area contributed by atoms with E-state index in [2.05, 4.69) is 20.5 Å². The number of nitrogens with zero attached hydrogens (tertiary/aromatic N) is 5. The molecule has 4 rings (SSSR count). The molecule has 0 fully saturated rings. The van der Waals surface area contributed by atoms with Gasteiger partial charge in [0.1, 0.15) is 17.3 Å². The van der Waals surface area contributed by atoms with Crippen LogP contribution < -0.4 is 15.2 Å². The van der Waals surface area contributed by atoms with Crippen molar-refractivity contribution in [1.82, 2.24) is 25.1 Å². The molecule has 142 valence electrons. The van der Waals surface area contributed by atoms with E-state index in [9.17, 15) is 4.39 Å². The molecule has 0 aliphatic rings. The first-order chi connectivity index (χ1) is 13.6. The maximum Gasteiger partial charge on any atom is 0.282 e. The minimum atomic E-state index is -0.353. The van der Waals surface area contributed by atoms with Gasteiger partial charge >= 0.3 is 0 Å². The van der Waals surface area contributed by atoms with Crippen molar-refractivity contribution >= 4 is 5.82 Å². The number of benzene rings is 2. The van der Waals surface area contributed by atoms with Gasteiger partial charge in [-0.2, -0.15) is 9.67 Å². The van der Waals surface area contributed by atoms with Crippen molar-refractivity contribution in [3.63, 3.8) is 0 Å². The molecular weight excluding hydrogens is 367 g/mol. The highest BCUT2D eigenvalue weighted by Crippen LogP contribution is 2.29. The average molecular weight is 382 g/mol. The van der Waals surface area contributed by atoms with Crippen LogP contribution in [0.15, 0.2) is 47.0 Å². The van der Waals surface area contributed by atoms with E-state index in [0.29, 0.717) is 22.7 Å². The van der Waals surface area contributed by atoms with E-state index < -0.39 is 0 Å². The number of nitrogens with two attached hydrogens (primary N) is 1. The number of halogens is 1. The quantitative estimate of drug-likeness (QED) is 0.560. The summed E-state index contributed by atoms with van der Waals surface area (Å²) in [4.78, 5) is 4.27. The summed E-state index contributed by atoms with van der Waals surface area (Å²) >= 11 is 0. The molecule has 2 heterocycles. The molecule has 10 heteroatoms. The van der Waals surface area contributed by atoms with Crippen LogP contribution in [0.4, 0.5) is 10.2 Å². The van der Waals surface area contributed by atoms with Crippen molar-refractivity contribution in [2.24, 2.45) is 0 Å². The summed E-state index contributed by atoms with van der Waals surface area (Å²) in [5.74, 6) is 1.37. The summed E-state index contributed by atoms with van der Waals surface area (Å²) in [6.07, 6.45) is 0. The third kappa shape index (κ3) is 3.11. The first kappa shape index (κ1) is 17.5. The van der Waals surface area contributed by atoms with Crippen molar-refractivity contribution in [2.45, 2.75) is 0 Å². The highest BCUT2D eigenvalue weighted by molar-refractivity contribution is 5.66. The van der Waals surface area contributed by atoms with E-state index in [1.54, 1.807) is 44.6 Å². The Balaban J connectivity index is 1.71. The minimum absolute atomic E-state index is 0.0953. The number of methoxy groups -OCH3 is 2. The number of anilines is 1. The molecule has 0 aliphatic heterocycles. The van der Waals surface area contributed by atoms with Crippen molar-refractivity contribution in [2.75, 3.05) is 20.0 Å². The minimum Gasteiger partial charge on any atom is -0.497 e. The zero-order valence-corrected chi connectivity index (χ0v) is 15.0. The maximum absolute atomic E-state index is 13.1. The molecular formula is C18H15FN6O3. The van der Waals surface area contributed by atoms with Crippen LogP contribution in [0.2, 0.25) is 0 Å². The lowest BCUT2D eigenvalue weighted by Gasteiger charge is -2.08. The second-order valence-electron chi connectivity index (χ2n) is 5.74. The first-order valence-corrected chi connectivity index (χ1v) is 8.13. The topological polar surface area (TPSA) is 114 Å². The Morgan fingerprint density at radius 1 is 1.04 bits per heavy atom. The Morgan fingerprint density at radius 2 is 1.71 bits per heavy atom. The molecule has 0 atom stereocenters. The number of ether oxygens (including phenoxy) is 2. The van der Waals surface area contributed by atoms with E-state index in [1.807, 2.05) is 0 Å². The van der Waals surface area contributed by atoms with Crippen molar-refractivity contribution in [1.29, 1.82) is 0 Å². The van der Waals surface area contributed by atoms with Gasteiger partial charge in [-0.1, -0.05) is 10.4 Å². The highest BCUT2D eigenvalue weighted by Gasteiger charge is 2.20. The Bertz CT molecular complexity index is 1100. The Morgan fingerprint density at radius 3 is 2.36 bits per heavy atom. The molecule has 4 aromatic rings. The average Bonchev–Trinajstić information content (AvgIpc) is 3.34. The molecule has 0 radical (unpaired) electrons. The molecule has 2 N–H and O–H groups in total. The van der Waals surface area contributed by atoms with Crippen LogP contribution in [0.25, 0.3) is 28.7 Å². The monoisotopic (exact) mass is 382 g/mol. The zero-order chi connectivity index (χ0) is 19.7. The van der Waals surface area contributed by atoms with Gasteiger partial charge in [-0.25, -0.2) is 4.39 Å². The second kappa shape index (κ2) is 6.99. The van der Waals surface area contributed by atoms with Gasteiger partial charge < -0.3 is 19.7 Å². The molecule has 0 aliphatic carbocycles. The fourth-order valence-corrected chi connectivity index (χ4v) is 2.58. The van der Waals surface area contributed by atoms with Crippen LogP contribution in [-0.4, -0.2) is 39.4 Å². The summed E-state index contributed by atoms with van der Waals surface area (Å²) in [7, 11) is 3.09. The number of rotatable bonds is 5. The van der Waals surface area contributed by atoms with E-state index in [0.717, 1.165) is 0 Å². The zero-order valence-electron chi connectivity index (χ0n) is 15.0. The van der Waals surface area contributed by atoms with Gasteiger partial charge in [0.15, 0.2) is 11.5 Å². The first-order valence-electron chi connectivity index (χ1n) is 8.13. The normalized spacial score (nSPS) is 10.8. The largest absolute Gasteiger partial charge is 0.497 e. The van der Waals surface area contributed by atoms with E-state index >= 15 is 0 Å². The molecule has 0 saturated carbocycles. The van der Waals surface area contributed by atoms with Gasteiger partial charge in [-0.15, -0.1) is 5.10 Å². The summed E-state index contributed by atoms with van der Waals surface area (Å²) in [5, 5.41) is 12.0. The second-order valence-corrected chi connectivity index (χ2v) is 5.74. The van der Waals surface area contributed by atoms with Gasteiger partial charge in [0.05, 0.1) is 19.9 Å². The highest BCUT2D eigenvalue weighted by atomic mass is 19.1.